The fraction of sp³-hybridized carbons (Fsp3) is 0.273. The number of halogens is 2. The summed E-state index contributed by atoms with van der Waals surface area (Å²) in [5.41, 5.74) is 0.853. The molecule has 1 aliphatic heterocycles. The van der Waals surface area contributed by atoms with Crippen molar-refractivity contribution in [2.45, 2.75) is 32.0 Å². The van der Waals surface area contributed by atoms with Crippen LogP contribution in [0.4, 0.5) is 8.78 Å². The lowest BCUT2D eigenvalue weighted by Crippen LogP contribution is -2.46. The van der Waals surface area contributed by atoms with E-state index in [2.05, 4.69) is 20.3 Å². The third-order valence-electron chi connectivity index (χ3n) is 5.22. The van der Waals surface area contributed by atoms with Gasteiger partial charge in [0.05, 0.1) is 12.1 Å². The second-order valence-electron chi connectivity index (χ2n) is 7.20. The molecule has 1 atom stereocenters. The SMILES string of the molecule is O=C(NCc1nncn1-c1ccccc1)C1CCCN1C(=O)c1ccccc1OC(F)F. The Balaban J connectivity index is 1.45. The summed E-state index contributed by atoms with van der Waals surface area (Å²) in [6.45, 7) is -2.58. The molecule has 2 aromatic carbocycles. The number of carbonyl (C=O) groups excluding carboxylic acids is 2. The number of hydrogen-bond donors (Lipinski definition) is 1. The van der Waals surface area contributed by atoms with E-state index >= 15 is 0 Å². The van der Waals surface area contributed by atoms with Gasteiger partial charge in [0.25, 0.3) is 5.91 Å². The lowest BCUT2D eigenvalue weighted by molar-refractivity contribution is -0.125. The minimum Gasteiger partial charge on any atom is -0.434 e. The van der Waals surface area contributed by atoms with Crippen molar-refractivity contribution in [1.29, 1.82) is 0 Å². The highest BCUT2D eigenvalue weighted by Gasteiger charge is 2.35. The van der Waals surface area contributed by atoms with E-state index in [0.717, 1.165) is 5.69 Å². The number of para-hydroxylation sites is 2. The lowest BCUT2D eigenvalue weighted by atomic mass is 10.1. The molecule has 0 spiro atoms. The Bertz CT molecular complexity index is 1090. The summed E-state index contributed by atoms with van der Waals surface area (Å²) in [6.07, 6.45) is 2.66. The molecule has 8 nitrogen and oxygen atoms in total. The van der Waals surface area contributed by atoms with Crippen molar-refractivity contribution in [3.05, 3.63) is 72.3 Å². The van der Waals surface area contributed by atoms with Gasteiger partial charge in [-0.1, -0.05) is 30.3 Å². The maximum absolute atomic E-state index is 13.0. The fourth-order valence-corrected chi connectivity index (χ4v) is 3.75. The van der Waals surface area contributed by atoms with E-state index in [1.54, 1.807) is 17.0 Å². The number of hydrogen-bond acceptors (Lipinski definition) is 5. The number of nitrogens with one attached hydrogen (secondary N) is 1. The number of nitrogens with zero attached hydrogens (tertiary/aromatic N) is 4. The summed E-state index contributed by atoms with van der Waals surface area (Å²) in [5, 5.41) is 10.8. The Kier molecular flexibility index (Phi) is 6.39. The molecule has 1 fully saturated rings. The molecular formula is C22H21F2N5O3. The van der Waals surface area contributed by atoms with Gasteiger partial charge in [-0.3, -0.25) is 14.2 Å². The summed E-state index contributed by atoms with van der Waals surface area (Å²) in [7, 11) is 0. The zero-order valence-corrected chi connectivity index (χ0v) is 17.0. The third kappa shape index (κ3) is 4.58. The van der Waals surface area contributed by atoms with Gasteiger partial charge in [-0.05, 0) is 37.1 Å². The topological polar surface area (TPSA) is 89.4 Å². The Morgan fingerprint density at radius 1 is 1.12 bits per heavy atom. The molecule has 2 amide bonds. The highest BCUT2D eigenvalue weighted by atomic mass is 19.3. The number of alkyl halides is 2. The van der Waals surface area contributed by atoms with Gasteiger partial charge in [0, 0.05) is 12.2 Å². The van der Waals surface area contributed by atoms with Crippen molar-refractivity contribution < 1.29 is 23.1 Å². The Hall–Kier alpha value is -3.82. The molecule has 0 bridgehead atoms. The van der Waals surface area contributed by atoms with E-state index in [-0.39, 0.29) is 23.8 Å². The fourth-order valence-electron chi connectivity index (χ4n) is 3.75. The average Bonchev–Trinajstić information content (AvgIpc) is 3.47. The molecule has 10 heteroatoms. The monoisotopic (exact) mass is 441 g/mol. The van der Waals surface area contributed by atoms with E-state index < -0.39 is 18.6 Å². The van der Waals surface area contributed by atoms with E-state index in [1.807, 2.05) is 30.3 Å². The molecule has 166 valence electrons. The maximum atomic E-state index is 13.0. The molecular weight excluding hydrogens is 420 g/mol. The van der Waals surface area contributed by atoms with Crippen molar-refractivity contribution in [3.8, 4) is 11.4 Å². The van der Waals surface area contributed by atoms with Gasteiger partial charge >= 0.3 is 6.61 Å². The van der Waals surface area contributed by atoms with Crippen molar-refractivity contribution in [1.82, 2.24) is 25.0 Å². The van der Waals surface area contributed by atoms with Gasteiger partial charge in [-0.25, -0.2) is 0 Å². The standard InChI is InChI=1S/C22H21F2N5O3/c23-22(24)32-18-11-5-4-9-16(18)21(31)28-12-6-10-17(28)20(30)25-13-19-27-26-14-29(19)15-7-2-1-3-8-15/h1-5,7-9,11,14,17,22H,6,10,12-13H2,(H,25,30). The molecule has 4 rings (SSSR count). The second-order valence-corrected chi connectivity index (χ2v) is 7.20. The van der Waals surface area contributed by atoms with Crippen LogP contribution in [0.5, 0.6) is 5.75 Å². The first-order valence-electron chi connectivity index (χ1n) is 10.1. The molecule has 1 unspecified atom stereocenters. The number of aromatic nitrogens is 3. The number of ether oxygens (including phenoxy) is 1. The highest BCUT2D eigenvalue weighted by Crippen LogP contribution is 2.26. The molecule has 32 heavy (non-hydrogen) atoms. The lowest BCUT2D eigenvalue weighted by Gasteiger charge is -2.25. The van der Waals surface area contributed by atoms with Gasteiger partial charge in [-0.2, -0.15) is 8.78 Å². The van der Waals surface area contributed by atoms with E-state index in [4.69, 9.17) is 0 Å². The quantitative estimate of drug-likeness (QED) is 0.609. The van der Waals surface area contributed by atoms with Crippen LogP contribution in [0.3, 0.4) is 0 Å². The molecule has 0 saturated carbocycles. The predicted molar refractivity (Wildman–Crippen MR) is 110 cm³/mol. The predicted octanol–water partition coefficient (Wildman–Crippen LogP) is 2.79. The molecule has 1 N–H and O–H groups in total. The summed E-state index contributed by atoms with van der Waals surface area (Å²) in [6, 6.07) is 14.5. The highest BCUT2D eigenvalue weighted by molar-refractivity contribution is 6.00. The summed E-state index contributed by atoms with van der Waals surface area (Å²) < 4.78 is 31.7. The van der Waals surface area contributed by atoms with Crippen LogP contribution in [0.2, 0.25) is 0 Å². The molecule has 1 aliphatic rings. The Labute approximate surface area is 182 Å². The van der Waals surface area contributed by atoms with E-state index in [9.17, 15) is 18.4 Å². The van der Waals surface area contributed by atoms with Crippen LogP contribution < -0.4 is 10.1 Å². The molecule has 1 saturated heterocycles. The minimum absolute atomic E-state index is 0.00341. The minimum atomic E-state index is -3.05. The maximum Gasteiger partial charge on any atom is 0.387 e. The van der Waals surface area contributed by atoms with Crippen LogP contribution in [0, 0.1) is 0 Å². The first-order valence-corrected chi connectivity index (χ1v) is 10.1. The van der Waals surface area contributed by atoms with Crippen molar-refractivity contribution in [2.24, 2.45) is 0 Å². The third-order valence-corrected chi connectivity index (χ3v) is 5.22. The van der Waals surface area contributed by atoms with Crippen molar-refractivity contribution >= 4 is 11.8 Å². The van der Waals surface area contributed by atoms with Crippen LogP contribution >= 0.6 is 0 Å². The van der Waals surface area contributed by atoms with Gasteiger partial charge in [-0.15, -0.1) is 10.2 Å². The number of benzene rings is 2. The van der Waals surface area contributed by atoms with Crippen molar-refractivity contribution in [2.75, 3.05) is 6.54 Å². The molecule has 3 aromatic rings. The first kappa shape index (κ1) is 21.4. The van der Waals surface area contributed by atoms with Crippen LogP contribution in [0.25, 0.3) is 5.69 Å². The van der Waals surface area contributed by atoms with Gasteiger partial charge in [0.15, 0.2) is 5.82 Å². The molecule has 0 radical (unpaired) electrons. The molecule has 0 aliphatic carbocycles. The molecule has 2 heterocycles. The number of carbonyl (C=O) groups is 2. The number of likely N-dealkylation sites (tertiary alicyclic amines) is 1. The van der Waals surface area contributed by atoms with Crippen LogP contribution in [0.15, 0.2) is 60.9 Å². The zero-order valence-electron chi connectivity index (χ0n) is 17.0. The second kappa shape index (κ2) is 9.54. The van der Waals surface area contributed by atoms with Crippen LogP contribution in [-0.2, 0) is 11.3 Å². The summed E-state index contributed by atoms with van der Waals surface area (Å²) in [5.74, 6) is -0.539. The largest absolute Gasteiger partial charge is 0.434 e. The number of rotatable bonds is 7. The normalized spacial score (nSPS) is 15.7. The smallest absolute Gasteiger partial charge is 0.387 e. The zero-order chi connectivity index (χ0) is 22.5. The number of amides is 2. The van der Waals surface area contributed by atoms with E-state index in [0.29, 0.717) is 25.2 Å². The van der Waals surface area contributed by atoms with Crippen molar-refractivity contribution in [3.63, 3.8) is 0 Å². The average molecular weight is 441 g/mol. The van der Waals surface area contributed by atoms with E-state index in [1.165, 1.54) is 23.1 Å². The van der Waals surface area contributed by atoms with Gasteiger partial charge < -0.3 is 15.0 Å². The van der Waals surface area contributed by atoms with Crippen LogP contribution in [-0.4, -0.2) is 50.7 Å². The summed E-state index contributed by atoms with van der Waals surface area (Å²) >= 11 is 0. The summed E-state index contributed by atoms with van der Waals surface area (Å²) in [4.78, 5) is 27.3. The molecule has 1 aromatic heterocycles. The Morgan fingerprint density at radius 3 is 2.66 bits per heavy atom. The Morgan fingerprint density at radius 2 is 1.88 bits per heavy atom. The van der Waals surface area contributed by atoms with Gasteiger partial charge in [0.1, 0.15) is 18.1 Å². The van der Waals surface area contributed by atoms with Crippen LogP contribution in [0.1, 0.15) is 29.0 Å². The van der Waals surface area contributed by atoms with Gasteiger partial charge in [0.2, 0.25) is 5.91 Å². The first-order chi connectivity index (χ1) is 15.5.